The number of alkyl halides is 3. The maximum absolute atomic E-state index is 12.8. The highest BCUT2D eigenvalue weighted by Crippen LogP contribution is 2.37. The summed E-state index contributed by atoms with van der Waals surface area (Å²) in [5.41, 5.74) is -1.48. The van der Waals surface area contributed by atoms with E-state index in [1.807, 2.05) is 0 Å². The monoisotopic (exact) mass is 441 g/mol. The zero-order chi connectivity index (χ0) is 21.2. The third-order valence-electron chi connectivity index (χ3n) is 3.62. The Morgan fingerprint density at radius 2 is 2.03 bits per heavy atom. The van der Waals surface area contributed by atoms with E-state index in [1.54, 1.807) is 12.1 Å². The second-order valence-corrected chi connectivity index (χ2v) is 7.23. The van der Waals surface area contributed by atoms with Crippen LogP contribution in [0.4, 0.5) is 18.9 Å². The van der Waals surface area contributed by atoms with Crippen LogP contribution in [0.15, 0.2) is 47.6 Å². The molecule has 7 nitrogen and oxygen atoms in total. The van der Waals surface area contributed by atoms with Crippen LogP contribution >= 0.6 is 24.0 Å². The lowest BCUT2D eigenvalue weighted by Gasteiger charge is -2.10. The van der Waals surface area contributed by atoms with Gasteiger partial charge in [0.2, 0.25) is 5.75 Å². The van der Waals surface area contributed by atoms with Crippen LogP contribution in [0.3, 0.4) is 0 Å². The van der Waals surface area contributed by atoms with Crippen LogP contribution in [0.25, 0.3) is 0 Å². The average Bonchev–Trinajstić information content (AvgIpc) is 2.97. The van der Waals surface area contributed by atoms with Gasteiger partial charge in [0.15, 0.2) is 4.32 Å². The van der Waals surface area contributed by atoms with E-state index in [4.69, 9.17) is 17.0 Å². The number of halogens is 3. The number of hydrogen-bond donors (Lipinski definition) is 0. The molecule has 1 fully saturated rings. The molecule has 12 heteroatoms. The summed E-state index contributed by atoms with van der Waals surface area (Å²) in [7, 11) is 0. The van der Waals surface area contributed by atoms with Gasteiger partial charge in [-0.05, 0) is 29.8 Å². The Morgan fingerprint density at radius 3 is 2.66 bits per heavy atom. The van der Waals surface area contributed by atoms with Gasteiger partial charge < -0.3 is 4.74 Å². The topological polar surface area (TPSA) is 85.0 Å². The van der Waals surface area contributed by atoms with Crippen molar-refractivity contribution in [1.82, 2.24) is 5.01 Å². The largest absolute Gasteiger partial charge is 0.450 e. The molecule has 0 spiro atoms. The number of thioether (sulfide) groups is 1. The summed E-state index contributed by atoms with van der Waals surface area (Å²) in [6.45, 7) is 0. The van der Waals surface area contributed by atoms with Crippen molar-refractivity contribution in [2.24, 2.45) is 5.10 Å². The molecule has 1 amide bonds. The fraction of sp³-hybridized carbons (Fsp3) is 0.118. The van der Waals surface area contributed by atoms with E-state index in [1.165, 1.54) is 30.1 Å². The molecule has 1 aliphatic heterocycles. The molecule has 0 saturated carbocycles. The summed E-state index contributed by atoms with van der Waals surface area (Å²) in [6.07, 6.45) is -3.37. The molecule has 0 N–H and O–H groups in total. The molecule has 0 unspecified atom stereocenters. The van der Waals surface area contributed by atoms with Crippen molar-refractivity contribution in [2.45, 2.75) is 6.18 Å². The summed E-state index contributed by atoms with van der Waals surface area (Å²) in [5, 5.41) is 16.2. The van der Waals surface area contributed by atoms with Gasteiger partial charge in [-0.1, -0.05) is 36.1 Å². The lowest BCUT2D eigenvalue weighted by Crippen LogP contribution is -2.22. The summed E-state index contributed by atoms with van der Waals surface area (Å²) in [6, 6.07) is 8.13. The third kappa shape index (κ3) is 4.90. The van der Waals surface area contributed by atoms with Crippen LogP contribution in [0.2, 0.25) is 0 Å². The molecule has 3 rings (SSSR count). The van der Waals surface area contributed by atoms with Crippen LogP contribution in [0, 0.1) is 10.1 Å². The second kappa shape index (κ2) is 8.17. The number of ether oxygens (including phenoxy) is 1. The van der Waals surface area contributed by atoms with E-state index in [0.29, 0.717) is 22.0 Å². The highest BCUT2D eigenvalue weighted by molar-refractivity contribution is 8.23. The van der Waals surface area contributed by atoms with Crippen LogP contribution in [0.5, 0.6) is 11.5 Å². The number of carbonyl (C=O) groups excluding carboxylic acids is 1. The zero-order valence-corrected chi connectivity index (χ0v) is 15.9. The number of nitrogens with zero attached hydrogens (tertiary/aromatic N) is 3. The van der Waals surface area contributed by atoms with E-state index in [2.05, 4.69) is 5.10 Å². The quantitative estimate of drug-likeness (QED) is 0.292. The van der Waals surface area contributed by atoms with Crippen LogP contribution in [0.1, 0.15) is 11.1 Å². The average molecular weight is 441 g/mol. The molecule has 0 aliphatic carbocycles. The Balaban J connectivity index is 1.84. The molecule has 1 saturated heterocycles. The molecule has 29 heavy (non-hydrogen) atoms. The smallest absolute Gasteiger partial charge is 0.416 e. The Kier molecular flexibility index (Phi) is 5.84. The van der Waals surface area contributed by atoms with Crippen molar-refractivity contribution in [3.63, 3.8) is 0 Å². The predicted molar refractivity (Wildman–Crippen MR) is 104 cm³/mol. The fourth-order valence-electron chi connectivity index (χ4n) is 2.29. The highest BCUT2D eigenvalue weighted by Gasteiger charge is 2.33. The molecule has 2 aromatic rings. The summed E-state index contributed by atoms with van der Waals surface area (Å²) < 4.78 is 44.1. The van der Waals surface area contributed by atoms with E-state index < -0.39 is 22.4 Å². The molecule has 2 aromatic carbocycles. The van der Waals surface area contributed by atoms with Crippen LogP contribution in [-0.4, -0.2) is 32.1 Å². The first-order valence-electron chi connectivity index (χ1n) is 7.82. The first kappa shape index (κ1) is 20.7. The maximum atomic E-state index is 12.8. The van der Waals surface area contributed by atoms with Gasteiger partial charge >= 0.3 is 11.9 Å². The fourth-order valence-corrected chi connectivity index (χ4v) is 3.26. The summed E-state index contributed by atoms with van der Waals surface area (Å²) in [5.74, 6) is -0.258. The molecule has 1 aliphatic rings. The molecular formula is C17H10F3N3O4S2. The van der Waals surface area contributed by atoms with Gasteiger partial charge in [-0.3, -0.25) is 14.9 Å². The number of amides is 1. The minimum absolute atomic E-state index is 0.140. The number of benzene rings is 2. The standard InChI is InChI=1S/C17H10F3N3O4S2/c18-17(19,20)11-4-5-14(13(7-11)23(25)26)27-12-3-1-2-10(6-12)8-21-22-15(24)9-29-16(22)28/h1-8H,9H2/b21-8+. The van der Waals surface area contributed by atoms with Crippen molar-refractivity contribution < 1.29 is 27.6 Å². The molecule has 0 bridgehead atoms. The third-order valence-corrected chi connectivity index (χ3v) is 4.96. The lowest BCUT2D eigenvalue weighted by molar-refractivity contribution is -0.385. The van der Waals surface area contributed by atoms with E-state index in [0.717, 1.165) is 11.1 Å². The van der Waals surface area contributed by atoms with Gasteiger partial charge in [0.1, 0.15) is 5.75 Å². The number of nitro groups is 1. The van der Waals surface area contributed by atoms with Gasteiger partial charge in [0.25, 0.3) is 5.91 Å². The first-order chi connectivity index (χ1) is 13.6. The van der Waals surface area contributed by atoms with E-state index in [-0.39, 0.29) is 23.2 Å². The maximum Gasteiger partial charge on any atom is 0.416 e. The number of thiocarbonyl (C=S) groups is 1. The van der Waals surface area contributed by atoms with Gasteiger partial charge in [-0.2, -0.15) is 23.3 Å². The van der Waals surface area contributed by atoms with Crippen molar-refractivity contribution >= 4 is 46.1 Å². The van der Waals surface area contributed by atoms with Gasteiger partial charge in [0, 0.05) is 6.07 Å². The number of rotatable bonds is 5. The van der Waals surface area contributed by atoms with E-state index >= 15 is 0 Å². The van der Waals surface area contributed by atoms with Crippen LogP contribution < -0.4 is 4.74 Å². The molecule has 150 valence electrons. The van der Waals surface area contributed by atoms with Crippen molar-refractivity contribution in [3.8, 4) is 11.5 Å². The minimum atomic E-state index is -4.72. The minimum Gasteiger partial charge on any atom is -0.450 e. The van der Waals surface area contributed by atoms with Gasteiger partial charge in [0.05, 0.1) is 22.5 Å². The number of hydrazone groups is 1. The van der Waals surface area contributed by atoms with Crippen molar-refractivity contribution in [1.29, 1.82) is 0 Å². The molecule has 0 radical (unpaired) electrons. The number of nitro benzene ring substituents is 1. The zero-order valence-electron chi connectivity index (χ0n) is 14.3. The SMILES string of the molecule is O=C1CSC(=S)N1/N=C/c1cccc(Oc2ccc(C(F)(F)F)cc2[N+](=O)[O-])c1. The Labute approximate surface area is 171 Å². The predicted octanol–water partition coefficient (Wildman–Crippen LogP) is 4.60. The van der Waals surface area contributed by atoms with Gasteiger partial charge in [-0.15, -0.1) is 0 Å². The summed E-state index contributed by atoms with van der Waals surface area (Å²) in [4.78, 5) is 21.9. The van der Waals surface area contributed by atoms with Gasteiger partial charge in [-0.25, -0.2) is 0 Å². The Morgan fingerprint density at radius 1 is 1.28 bits per heavy atom. The highest BCUT2D eigenvalue weighted by atomic mass is 32.2. The number of hydrogen-bond acceptors (Lipinski definition) is 7. The Hall–Kier alpha value is -2.99. The van der Waals surface area contributed by atoms with Crippen LogP contribution in [-0.2, 0) is 11.0 Å². The second-order valence-electron chi connectivity index (χ2n) is 5.62. The Bertz CT molecular complexity index is 1010. The summed E-state index contributed by atoms with van der Waals surface area (Å²) >= 11 is 6.19. The first-order valence-corrected chi connectivity index (χ1v) is 9.22. The van der Waals surface area contributed by atoms with E-state index in [9.17, 15) is 28.1 Å². The number of carbonyl (C=O) groups is 1. The van der Waals surface area contributed by atoms with Crippen molar-refractivity contribution in [2.75, 3.05) is 5.75 Å². The molecule has 0 atom stereocenters. The molecule has 0 aromatic heterocycles. The molecular weight excluding hydrogens is 431 g/mol. The lowest BCUT2D eigenvalue weighted by atomic mass is 10.2. The normalized spacial score (nSPS) is 14.7. The van der Waals surface area contributed by atoms with Crippen molar-refractivity contribution in [3.05, 3.63) is 63.7 Å². The molecule has 1 heterocycles.